The average molecular weight is 267 g/mol. The van der Waals surface area contributed by atoms with Gasteiger partial charge in [0.1, 0.15) is 0 Å². The van der Waals surface area contributed by atoms with Gasteiger partial charge in [0.05, 0.1) is 12.2 Å². The Labute approximate surface area is 115 Å². The summed E-state index contributed by atoms with van der Waals surface area (Å²) in [5.74, 6) is 1.17. The first-order valence-corrected chi connectivity index (χ1v) is 7.81. The van der Waals surface area contributed by atoms with Gasteiger partial charge in [0.15, 0.2) is 0 Å². The lowest BCUT2D eigenvalue weighted by Crippen LogP contribution is -2.34. The van der Waals surface area contributed by atoms with Crippen molar-refractivity contribution in [2.24, 2.45) is 11.8 Å². The van der Waals surface area contributed by atoms with Crippen LogP contribution in [0.4, 0.5) is 0 Å². The van der Waals surface area contributed by atoms with Gasteiger partial charge < -0.3 is 10.1 Å². The van der Waals surface area contributed by atoms with Crippen LogP contribution >= 0.6 is 11.3 Å². The van der Waals surface area contributed by atoms with Crippen molar-refractivity contribution in [2.45, 2.75) is 52.9 Å². The highest BCUT2D eigenvalue weighted by molar-refractivity contribution is 7.12. The van der Waals surface area contributed by atoms with E-state index in [4.69, 9.17) is 4.74 Å². The van der Waals surface area contributed by atoms with Gasteiger partial charge in [-0.3, -0.25) is 0 Å². The first-order chi connectivity index (χ1) is 8.54. The van der Waals surface area contributed by atoms with Crippen LogP contribution in [0.5, 0.6) is 0 Å². The summed E-state index contributed by atoms with van der Waals surface area (Å²) in [6.45, 7) is 12.1. The zero-order valence-electron chi connectivity index (χ0n) is 12.1. The van der Waals surface area contributed by atoms with Crippen LogP contribution in [-0.2, 0) is 4.74 Å². The molecule has 1 aromatic rings. The molecule has 3 heteroatoms. The fourth-order valence-electron chi connectivity index (χ4n) is 3.14. The fraction of sp³-hybridized carbons (Fsp3) is 0.733. The van der Waals surface area contributed by atoms with Crippen LogP contribution in [0.3, 0.4) is 0 Å². The third-order valence-corrected chi connectivity index (χ3v) is 5.28. The second-order valence-electron chi connectivity index (χ2n) is 5.47. The predicted octanol–water partition coefficient (Wildman–Crippen LogP) is 3.77. The van der Waals surface area contributed by atoms with E-state index < -0.39 is 0 Å². The number of rotatable bonds is 4. The summed E-state index contributed by atoms with van der Waals surface area (Å²) in [4.78, 5) is 2.84. The summed E-state index contributed by atoms with van der Waals surface area (Å²) in [6, 6.07) is 4.93. The number of thiophene rings is 1. The summed E-state index contributed by atoms with van der Waals surface area (Å²) < 4.78 is 6.01. The van der Waals surface area contributed by atoms with Crippen LogP contribution in [-0.4, -0.2) is 18.8 Å². The molecule has 2 heterocycles. The number of ether oxygens (including phenoxy) is 1. The van der Waals surface area contributed by atoms with Crippen molar-refractivity contribution >= 4 is 11.3 Å². The van der Waals surface area contributed by atoms with Gasteiger partial charge in [-0.15, -0.1) is 11.3 Å². The third kappa shape index (κ3) is 2.63. The van der Waals surface area contributed by atoms with E-state index in [1.54, 1.807) is 0 Å². The van der Waals surface area contributed by atoms with Gasteiger partial charge in [-0.05, 0) is 45.4 Å². The maximum absolute atomic E-state index is 6.01. The molecule has 1 aromatic heterocycles. The van der Waals surface area contributed by atoms with Crippen molar-refractivity contribution in [3.8, 4) is 0 Å². The second kappa shape index (κ2) is 5.72. The van der Waals surface area contributed by atoms with E-state index >= 15 is 0 Å². The van der Waals surface area contributed by atoms with E-state index in [1.165, 1.54) is 9.75 Å². The fourth-order valence-corrected chi connectivity index (χ4v) is 4.15. The molecule has 1 aliphatic rings. The van der Waals surface area contributed by atoms with Gasteiger partial charge in [0, 0.05) is 21.7 Å². The lowest BCUT2D eigenvalue weighted by Gasteiger charge is -2.29. The van der Waals surface area contributed by atoms with Crippen molar-refractivity contribution < 1.29 is 4.74 Å². The molecule has 0 saturated carbocycles. The number of hydrogen-bond acceptors (Lipinski definition) is 3. The van der Waals surface area contributed by atoms with Crippen LogP contribution in [0, 0.1) is 18.8 Å². The molecule has 0 aromatic carbocycles. The molecule has 0 amide bonds. The van der Waals surface area contributed by atoms with Gasteiger partial charge in [0.2, 0.25) is 0 Å². The summed E-state index contributed by atoms with van der Waals surface area (Å²) in [5, 5.41) is 3.67. The van der Waals surface area contributed by atoms with Gasteiger partial charge in [-0.1, -0.05) is 13.8 Å². The van der Waals surface area contributed by atoms with Crippen LogP contribution in [0.1, 0.15) is 43.5 Å². The van der Waals surface area contributed by atoms with Crippen molar-refractivity contribution in [3.63, 3.8) is 0 Å². The Bertz CT molecular complexity index is 390. The molecule has 2 rings (SSSR count). The standard InChI is InChI=1S/C15H25NOS/c1-6-16-15(13-8-7-9(2)18-13)14-10(3)11(4)17-12(14)5/h7-8,10-12,14-16H,6H2,1-5H3. The highest BCUT2D eigenvalue weighted by Gasteiger charge is 2.42. The maximum atomic E-state index is 6.01. The smallest absolute Gasteiger partial charge is 0.0600 e. The minimum Gasteiger partial charge on any atom is -0.375 e. The Hall–Kier alpha value is -0.380. The molecule has 102 valence electrons. The van der Waals surface area contributed by atoms with Crippen LogP contribution in [0.25, 0.3) is 0 Å². The third-order valence-electron chi connectivity index (χ3n) is 4.20. The SMILES string of the molecule is CCNC(c1ccc(C)s1)C1C(C)OC(C)C1C. The number of hydrogen-bond donors (Lipinski definition) is 1. The summed E-state index contributed by atoms with van der Waals surface area (Å²) in [6.07, 6.45) is 0.702. The molecule has 1 saturated heterocycles. The van der Waals surface area contributed by atoms with E-state index in [1.807, 2.05) is 11.3 Å². The normalized spacial score (nSPS) is 33.8. The van der Waals surface area contributed by atoms with Crippen molar-refractivity contribution in [3.05, 3.63) is 21.9 Å². The van der Waals surface area contributed by atoms with E-state index in [0.29, 0.717) is 30.1 Å². The first-order valence-electron chi connectivity index (χ1n) is 6.99. The van der Waals surface area contributed by atoms with Crippen LogP contribution in [0.2, 0.25) is 0 Å². The van der Waals surface area contributed by atoms with Crippen molar-refractivity contribution in [1.82, 2.24) is 5.32 Å². The van der Waals surface area contributed by atoms with Gasteiger partial charge in [-0.2, -0.15) is 0 Å². The topological polar surface area (TPSA) is 21.3 Å². The lowest BCUT2D eigenvalue weighted by molar-refractivity contribution is 0.0477. The molecule has 0 radical (unpaired) electrons. The Morgan fingerprint density at radius 3 is 2.44 bits per heavy atom. The molecule has 1 fully saturated rings. The molecule has 1 aliphatic heterocycles. The monoisotopic (exact) mass is 267 g/mol. The Kier molecular flexibility index (Phi) is 4.46. The number of nitrogens with one attached hydrogen (secondary N) is 1. The lowest BCUT2D eigenvalue weighted by atomic mass is 9.83. The maximum Gasteiger partial charge on any atom is 0.0600 e. The molecule has 5 unspecified atom stereocenters. The number of aryl methyl sites for hydroxylation is 1. The molecular formula is C15H25NOS. The average Bonchev–Trinajstić information content (AvgIpc) is 2.83. The molecule has 0 bridgehead atoms. The summed E-state index contributed by atoms with van der Waals surface area (Å²) in [5.41, 5.74) is 0. The quantitative estimate of drug-likeness (QED) is 0.896. The molecule has 5 atom stereocenters. The van der Waals surface area contributed by atoms with E-state index in [-0.39, 0.29) is 0 Å². The largest absolute Gasteiger partial charge is 0.375 e. The van der Waals surface area contributed by atoms with Crippen molar-refractivity contribution in [2.75, 3.05) is 6.54 Å². The summed E-state index contributed by atoms with van der Waals surface area (Å²) >= 11 is 1.91. The zero-order chi connectivity index (χ0) is 13.3. The van der Waals surface area contributed by atoms with E-state index in [2.05, 4.69) is 52.1 Å². The molecule has 18 heavy (non-hydrogen) atoms. The molecule has 2 nitrogen and oxygen atoms in total. The highest BCUT2D eigenvalue weighted by atomic mass is 32.1. The Morgan fingerprint density at radius 1 is 1.28 bits per heavy atom. The molecular weight excluding hydrogens is 242 g/mol. The molecule has 0 spiro atoms. The molecule has 1 N–H and O–H groups in total. The van der Waals surface area contributed by atoms with E-state index in [0.717, 1.165) is 6.54 Å². The predicted molar refractivity (Wildman–Crippen MR) is 78.1 cm³/mol. The van der Waals surface area contributed by atoms with Gasteiger partial charge in [-0.25, -0.2) is 0 Å². The minimum absolute atomic E-state index is 0.335. The van der Waals surface area contributed by atoms with Crippen LogP contribution in [0.15, 0.2) is 12.1 Å². The molecule has 0 aliphatic carbocycles. The highest BCUT2D eigenvalue weighted by Crippen LogP contribution is 2.42. The Balaban J connectivity index is 2.24. The first kappa shape index (κ1) is 14.0. The zero-order valence-corrected chi connectivity index (χ0v) is 12.9. The summed E-state index contributed by atoms with van der Waals surface area (Å²) in [7, 11) is 0. The van der Waals surface area contributed by atoms with E-state index in [9.17, 15) is 0 Å². The van der Waals surface area contributed by atoms with Gasteiger partial charge in [0.25, 0.3) is 0 Å². The second-order valence-corrected chi connectivity index (χ2v) is 6.79. The van der Waals surface area contributed by atoms with Crippen molar-refractivity contribution in [1.29, 1.82) is 0 Å². The minimum atomic E-state index is 0.335. The Morgan fingerprint density at radius 2 is 2.00 bits per heavy atom. The van der Waals surface area contributed by atoms with Crippen LogP contribution < -0.4 is 5.32 Å². The van der Waals surface area contributed by atoms with Gasteiger partial charge >= 0.3 is 0 Å².